The molecule has 2 aromatic rings. The smallest absolute Gasteiger partial charge is 0.407 e. The lowest BCUT2D eigenvalue weighted by Gasteiger charge is -2.30. The van der Waals surface area contributed by atoms with Crippen LogP contribution in [0.5, 0.6) is 0 Å². The number of likely N-dealkylation sites (tertiary alicyclic amines) is 1. The molecule has 0 radical (unpaired) electrons. The third kappa shape index (κ3) is 2.99. The Labute approximate surface area is 135 Å². The first-order valence-electron chi connectivity index (χ1n) is 7.17. The van der Waals surface area contributed by atoms with Crippen molar-refractivity contribution in [2.75, 3.05) is 13.1 Å². The molecule has 1 atom stereocenters. The van der Waals surface area contributed by atoms with Crippen molar-refractivity contribution in [2.24, 2.45) is 5.92 Å². The van der Waals surface area contributed by atoms with Gasteiger partial charge in [-0.3, -0.25) is 9.36 Å². The van der Waals surface area contributed by atoms with Crippen molar-refractivity contribution in [1.82, 2.24) is 14.5 Å². The molecule has 1 aliphatic rings. The molecule has 116 valence electrons. The minimum atomic E-state index is -0.891. The summed E-state index contributed by atoms with van der Waals surface area (Å²) in [5.74, 6) is 0.147. The van der Waals surface area contributed by atoms with E-state index in [-0.39, 0.29) is 11.5 Å². The molecule has 0 bridgehead atoms. The fourth-order valence-corrected chi connectivity index (χ4v) is 3.29. The Hall–Kier alpha value is -1.89. The van der Waals surface area contributed by atoms with Gasteiger partial charge in [0.2, 0.25) is 0 Å². The predicted octanol–water partition coefficient (Wildman–Crippen LogP) is 2.55. The van der Waals surface area contributed by atoms with Gasteiger partial charge in [-0.2, -0.15) is 0 Å². The fourth-order valence-electron chi connectivity index (χ4n) is 2.93. The lowest BCUT2D eigenvalue weighted by molar-refractivity contribution is 0.116. The zero-order chi connectivity index (χ0) is 15.7. The number of benzene rings is 1. The van der Waals surface area contributed by atoms with Crippen LogP contribution in [0.1, 0.15) is 12.8 Å². The van der Waals surface area contributed by atoms with E-state index in [4.69, 9.17) is 5.11 Å². The topological polar surface area (TPSA) is 75.4 Å². The zero-order valence-corrected chi connectivity index (χ0v) is 13.5. The molecule has 1 aliphatic heterocycles. The summed E-state index contributed by atoms with van der Waals surface area (Å²) in [4.78, 5) is 29.3. The molecule has 0 aliphatic carbocycles. The first-order chi connectivity index (χ1) is 10.5. The van der Waals surface area contributed by atoms with Gasteiger partial charge < -0.3 is 10.0 Å². The van der Waals surface area contributed by atoms with Crippen molar-refractivity contribution in [1.29, 1.82) is 0 Å². The van der Waals surface area contributed by atoms with E-state index in [9.17, 15) is 9.59 Å². The highest BCUT2D eigenvalue weighted by atomic mass is 79.9. The molecule has 1 fully saturated rings. The molecule has 0 spiro atoms. The van der Waals surface area contributed by atoms with Crippen molar-refractivity contribution in [3.8, 4) is 0 Å². The molecule has 1 unspecified atom stereocenters. The maximum absolute atomic E-state index is 12.5. The summed E-state index contributed by atoms with van der Waals surface area (Å²) < 4.78 is 2.43. The molecule has 1 saturated heterocycles. The molecule has 1 amide bonds. The first kappa shape index (κ1) is 15.0. The van der Waals surface area contributed by atoms with E-state index in [0.717, 1.165) is 17.3 Å². The number of fused-ring (bicyclic) bond motifs is 1. The summed E-state index contributed by atoms with van der Waals surface area (Å²) in [6.45, 7) is 1.54. The number of rotatable bonds is 2. The van der Waals surface area contributed by atoms with Crippen molar-refractivity contribution < 1.29 is 9.90 Å². The van der Waals surface area contributed by atoms with E-state index in [1.54, 1.807) is 23.0 Å². The number of carbonyl (C=O) groups is 1. The van der Waals surface area contributed by atoms with Gasteiger partial charge in [0, 0.05) is 24.1 Å². The number of nitrogens with zero attached hydrogens (tertiary/aromatic N) is 3. The van der Waals surface area contributed by atoms with Crippen molar-refractivity contribution >= 4 is 32.9 Å². The van der Waals surface area contributed by atoms with Crippen molar-refractivity contribution in [3.63, 3.8) is 0 Å². The van der Waals surface area contributed by atoms with E-state index in [0.29, 0.717) is 30.5 Å². The highest BCUT2D eigenvalue weighted by Crippen LogP contribution is 2.19. The molecule has 0 saturated carbocycles. The summed E-state index contributed by atoms with van der Waals surface area (Å²) in [6.07, 6.45) is 2.42. The lowest BCUT2D eigenvalue weighted by Crippen LogP contribution is -2.41. The molecular weight excluding hydrogens is 350 g/mol. The van der Waals surface area contributed by atoms with E-state index in [1.807, 2.05) is 6.07 Å². The van der Waals surface area contributed by atoms with Crippen LogP contribution in [0.3, 0.4) is 0 Å². The average molecular weight is 366 g/mol. The number of carboxylic acid groups (broad SMARTS) is 1. The van der Waals surface area contributed by atoms with Crippen LogP contribution in [0.2, 0.25) is 0 Å². The second-order valence-electron chi connectivity index (χ2n) is 5.60. The Balaban J connectivity index is 1.86. The van der Waals surface area contributed by atoms with Crippen LogP contribution in [0.15, 0.2) is 33.8 Å². The van der Waals surface area contributed by atoms with Gasteiger partial charge in [-0.05, 0) is 37.0 Å². The van der Waals surface area contributed by atoms with Gasteiger partial charge in [0.15, 0.2) is 0 Å². The Kier molecular flexibility index (Phi) is 4.15. The summed E-state index contributed by atoms with van der Waals surface area (Å²) in [5, 5.41) is 9.66. The van der Waals surface area contributed by atoms with E-state index in [2.05, 4.69) is 20.9 Å². The second-order valence-corrected chi connectivity index (χ2v) is 6.52. The standard InChI is InChI=1S/C15H16BrN3O3/c16-11-3-4-13-12(6-11)14(20)19(9-17-13)8-10-2-1-5-18(7-10)15(21)22/h3-4,6,9-10H,1-2,5,7-8H2,(H,21,22). The summed E-state index contributed by atoms with van der Waals surface area (Å²) in [7, 11) is 0. The Bertz CT molecular complexity index is 774. The van der Waals surface area contributed by atoms with E-state index in [1.165, 1.54) is 4.90 Å². The SMILES string of the molecule is O=C(O)N1CCCC(Cn2cnc3ccc(Br)cc3c2=O)C1. The molecule has 22 heavy (non-hydrogen) atoms. The van der Waals surface area contributed by atoms with Crippen LogP contribution in [-0.4, -0.2) is 38.7 Å². The maximum atomic E-state index is 12.5. The minimum Gasteiger partial charge on any atom is -0.465 e. The monoisotopic (exact) mass is 365 g/mol. The van der Waals surface area contributed by atoms with Gasteiger partial charge in [0.05, 0.1) is 17.2 Å². The lowest BCUT2D eigenvalue weighted by atomic mass is 9.98. The molecule has 7 heteroatoms. The third-order valence-corrected chi connectivity index (χ3v) is 4.52. The normalized spacial score (nSPS) is 18.6. The number of hydrogen-bond donors (Lipinski definition) is 1. The molecular formula is C15H16BrN3O3. The summed E-state index contributed by atoms with van der Waals surface area (Å²) in [6, 6.07) is 5.43. The van der Waals surface area contributed by atoms with Gasteiger partial charge in [-0.1, -0.05) is 15.9 Å². The number of amides is 1. The maximum Gasteiger partial charge on any atom is 0.407 e. The first-order valence-corrected chi connectivity index (χ1v) is 7.96. The second kappa shape index (κ2) is 6.08. The molecule has 3 rings (SSSR count). The predicted molar refractivity (Wildman–Crippen MR) is 86.0 cm³/mol. The summed E-state index contributed by atoms with van der Waals surface area (Å²) in [5.41, 5.74) is 0.582. The largest absolute Gasteiger partial charge is 0.465 e. The van der Waals surface area contributed by atoms with Gasteiger partial charge in [0.1, 0.15) is 0 Å². The number of piperidine rings is 1. The zero-order valence-electron chi connectivity index (χ0n) is 11.9. The molecule has 1 aromatic heterocycles. The van der Waals surface area contributed by atoms with Crippen molar-refractivity contribution in [2.45, 2.75) is 19.4 Å². The van der Waals surface area contributed by atoms with E-state index >= 15 is 0 Å². The Morgan fingerprint density at radius 3 is 3.05 bits per heavy atom. The average Bonchev–Trinajstić information content (AvgIpc) is 2.51. The number of aromatic nitrogens is 2. The molecule has 6 nitrogen and oxygen atoms in total. The molecule has 1 aromatic carbocycles. The Morgan fingerprint density at radius 1 is 1.45 bits per heavy atom. The van der Waals surface area contributed by atoms with Crippen LogP contribution >= 0.6 is 15.9 Å². The molecule has 1 N–H and O–H groups in total. The molecule has 2 heterocycles. The minimum absolute atomic E-state index is 0.0845. The number of hydrogen-bond acceptors (Lipinski definition) is 3. The van der Waals surface area contributed by atoms with Crippen LogP contribution in [0, 0.1) is 5.92 Å². The third-order valence-electron chi connectivity index (χ3n) is 4.03. The van der Waals surface area contributed by atoms with Crippen LogP contribution in [0.4, 0.5) is 4.79 Å². The number of halogens is 1. The van der Waals surface area contributed by atoms with Crippen LogP contribution < -0.4 is 5.56 Å². The van der Waals surface area contributed by atoms with Gasteiger partial charge >= 0.3 is 6.09 Å². The quantitative estimate of drug-likeness (QED) is 0.887. The Morgan fingerprint density at radius 2 is 2.27 bits per heavy atom. The van der Waals surface area contributed by atoms with Gasteiger partial charge in [-0.25, -0.2) is 9.78 Å². The highest BCUT2D eigenvalue weighted by molar-refractivity contribution is 9.10. The van der Waals surface area contributed by atoms with Crippen molar-refractivity contribution in [3.05, 3.63) is 39.4 Å². The van der Waals surface area contributed by atoms with Gasteiger partial charge in [-0.15, -0.1) is 0 Å². The van der Waals surface area contributed by atoms with Crippen LogP contribution in [-0.2, 0) is 6.54 Å². The van der Waals surface area contributed by atoms with Crippen LogP contribution in [0.25, 0.3) is 10.9 Å². The summed E-state index contributed by atoms with van der Waals surface area (Å²) >= 11 is 3.37. The highest BCUT2D eigenvalue weighted by Gasteiger charge is 2.23. The van der Waals surface area contributed by atoms with Gasteiger partial charge in [0.25, 0.3) is 5.56 Å². The fraction of sp³-hybridized carbons (Fsp3) is 0.400. The van der Waals surface area contributed by atoms with E-state index < -0.39 is 6.09 Å².